The van der Waals surface area contributed by atoms with E-state index >= 15 is 0 Å². The summed E-state index contributed by atoms with van der Waals surface area (Å²) in [5, 5.41) is 11.4. The average Bonchev–Trinajstić information content (AvgIpc) is 2.88. The van der Waals surface area contributed by atoms with Crippen molar-refractivity contribution in [1.29, 1.82) is 0 Å². The minimum Gasteiger partial charge on any atom is -0.265 e. The summed E-state index contributed by atoms with van der Waals surface area (Å²) in [5.41, 5.74) is 3.10. The number of pyridine rings is 1. The molecule has 5 nitrogen and oxygen atoms in total. The molecule has 0 unspecified atom stereocenters. The van der Waals surface area contributed by atoms with Crippen LogP contribution in [0.5, 0.6) is 0 Å². The van der Waals surface area contributed by atoms with E-state index in [1.807, 2.05) is 43.3 Å². The van der Waals surface area contributed by atoms with Crippen molar-refractivity contribution in [1.82, 2.24) is 19.9 Å². The van der Waals surface area contributed by atoms with Crippen LogP contribution in [0.25, 0.3) is 11.4 Å². The minimum absolute atomic E-state index is 0.451. The zero-order chi connectivity index (χ0) is 14.7. The Morgan fingerprint density at radius 3 is 2.71 bits per heavy atom. The molecule has 3 aromatic rings. The molecule has 0 aliphatic carbocycles. The fourth-order valence-corrected chi connectivity index (χ4v) is 2.12. The van der Waals surface area contributed by atoms with Gasteiger partial charge in [-0.05, 0) is 42.4 Å². The first-order valence-corrected chi connectivity index (χ1v) is 6.84. The lowest BCUT2D eigenvalue weighted by Gasteiger charge is -2.01. The molecule has 2 heterocycles. The first-order chi connectivity index (χ1) is 10.3. The maximum atomic E-state index is 5.24. The highest BCUT2D eigenvalue weighted by Crippen LogP contribution is 2.15. The third kappa shape index (κ3) is 2.80. The fraction of sp³-hybridized carbons (Fsp3) is 0.0667. The Morgan fingerprint density at radius 2 is 1.95 bits per heavy atom. The number of nitrogens with zero attached hydrogens (tertiary/aromatic N) is 4. The molecule has 0 atom stereocenters. The maximum Gasteiger partial charge on any atom is 0.216 e. The molecule has 1 N–H and O–H groups in total. The molecule has 0 amide bonds. The Bertz CT molecular complexity index is 833. The van der Waals surface area contributed by atoms with E-state index in [0.717, 1.165) is 16.7 Å². The number of benzene rings is 1. The molecular weight excluding hydrogens is 282 g/mol. The van der Waals surface area contributed by atoms with Gasteiger partial charge in [-0.2, -0.15) is 14.9 Å². The molecule has 21 heavy (non-hydrogen) atoms. The van der Waals surface area contributed by atoms with Gasteiger partial charge in [0.2, 0.25) is 4.77 Å². The van der Waals surface area contributed by atoms with E-state index in [1.165, 1.54) is 0 Å². The van der Waals surface area contributed by atoms with Crippen molar-refractivity contribution < 1.29 is 0 Å². The van der Waals surface area contributed by atoms with Crippen LogP contribution in [-0.4, -0.2) is 26.1 Å². The second kappa shape index (κ2) is 5.80. The summed E-state index contributed by atoms with van der Waals surface area (Å²) in [6.45, 7) is 2.04. The van der Waals surface area contributed by atoms with Gasteiger partial charge < -0.3 is 0 Å². The SMILES string of the molecule is Cc1ccccc1/C=N\n1c(-c2ccncc2)n[nH]c1=S. The number of hydrogen-bond donors (Lipinski definition) is 1. The van der Waals surface area contributed by atoms with Crippen molar-refractivity contribution >= 4 is 18.4 Å². The Balaban J connectivity index is 2.02. The van der Waals surface area contributed by atoms with Crippen molar-refractivity contribution in [2.45, 2.75) is 6.92 Å². The van der Waals surface area contributed by atoms with Gasteiger partial charge in [0.25, 0.3) is 0 Å². The predicted molar refractivity (Wildman–Crippen MR) is 84.8 cm³/mol. The number of nitrogens with one attached hydrogen (secondary N) is 1. The molecule has 1 aromatic carbocycles. The van der Waals surface area contributed by atoms with Crippen LogP contribution < -0.4 is 0 Å². The van der Waals surface area contributed by atoms with Crippen LogP contribution in [0.1, 0.15) is 11.1 Å². The molecule has 0 fully saturated rings. The first kappa shape index (κ1) is 13.4. The average molecular weight is 295 g/mol. The summed E-state index contributed by atoms with van der Waals surface area (Å²) < 4.78 is 2.06. The Kier molecular flexibility index (Phi) is 3.70. The van der Waals surface area contributed by atoms with E-state index in [1.54, 1.807) is 23.3 Å². The van der Waals surface area contributed by atoms with Crippen molar-refractivity contribution in [2.24, 2.45) is 5.10 Å². The van der Waals surface area contributed by atoms with Crippen molar-refractivity contribution in [3.63, 3.8) is 0 Å². The van der Waals surface area contributed by atoms with E-state index in [-0.39, 0.29) is 0 Å². The van der Waals surface area contributed by atoms with Gasteiger partial charge in [0.05, 0.1) is 6.21 Å². The molecule has 104 valence electrons. The van der Waals surface area contributed by atoms with Gasteiger partial charge >= 0.3 is 0 Å². The second-order valence-electron chi connectivity index (χ2n) is 4.50. The van der Waals surface area contributed by atoms with Crippen LogP contribution in [0, 0.1) is 11.7 Å². The molecule has 0 spiro atoms. The molecule has 0 radical (unpaired) electrons. The minimum atomic E-state index is 0.451. The number of aromatic nitrogens is 4. The van der Waals surface area contributed by atoms with E-state index in [9.17, 15) is 0 Å². The lowest BCUT2D eigenvalue weighted by atomic mass is 10.1. The van der Waals surface area contributed by atoms with Gasteiger partial charge in [-0.25, -0.2) is 5.10 Å². The Morgan fingerprint density at radius 1 is 1.19 bits per heavy atom. The Hall–Kier alpha value is -2.60. The molecule has 0 bridgehead atoms. The highest BCUT2D eigenvalue weighted by atomic mass is 32.1. The van der Waals surface area contributed by atoms with Gasteiger partial charge in [0.15, 0.2) is 5.82 Å². The Labute approximate surface area is 127 Å². The van der Waals surface area contributed by atoms with Crippen LogP contribution in [0.2, 0.25) is 0 Å². The first-order valence-electron chi connectivity index (χ1n) is 6.43. The number of rotatable bonds is 3. The highest BCUT2D eigenvalue weighted by molar-refractivity contribution is 7.71. The molecule has 6 heteroatoms. The fourth-order valence-electron chi connectivity index (χ4n) is 1.94. The van der Waals surface area contributed by atoms with E-state index in [0.29, 0.717) is 10.6 Å². The van der Waals surface area contributed by atoms with Crippen LogP contribution >= 0.6 is 12.2 Å². The summed E-state index contributed by atoms with van der Waals surface area (Å²) >= 11 is 5.24. The maximum absolute atomic E-state index is 5.24. The second-order valence-corrected chi connectivity index (χ2v) is 4.89. The topological polar surface area (TPSA) is 58.9 Å². The van der Waals surface area contributed by atoms with Gasteiger partial charge in [0.1, 0.15) is 0 Å². The molecule has 0 saturated heterocycles. The van der Waals surface area contributed by atoms with E-state index < -0.39 is 0 Å². The van der Waals surface area contributed by atoms with Crippen LogP contribution in [-0.2, 0) is 0 Å². The van der Waals surface area contributed by atoms with Crippen molar-refractivity contribution in [3.05, 3.63) is 64.7 Å². The third-order valence-electron chi connectivity index (χ3n) is 3.09. The van der Waals surface area contributed by atoms with Crippen LogP contribution in [0.3, 0.4) is 0 Å². The number of hydrogen-bond acceptors (Lipinski definition) is 4. The quantitative estimate of drug-likeness (QED) is 0.596. The van der Waals surface area contributed by atoms with Crippen LogP contribution in [0.15, 0.2) is 53.9 Å². The lowest BCUT2D eigenvalue weighted by molar-refractivity contribution is 0.871. The zero-order valence-corrected chi connectivity index (χ0v) is 12.2. The summed E-state index contributed by atoms with van der Waals surface area (Å²) in [6, 6.07) is 11.8. The molecule has 2 aromatic heterocycles. The number of aromatic amines is 1. The molecule has 0 aliphatic heterocycles. The summed E-state index contributed by atoms with van der Waals surface area (Å²) in [5.74, 6) is 0.659. The number of H-pyrrole nitrogens is 1. The van der Waals surface area contributed by atoms with E-state index in [4.69, 9.17) is 12.2 Å². The standard InChI is InChI=1S/C15H13N5S/c1-11-4-2-3-5-13(11)10-17-20-14(18-19-15(20)21)12-6-8-16-9-7-12/h2-10H,1H3,(H,19,21)/b17-10-. The molecular formula is C15H13N5S. The smallest absolute Gasteiger partial charge is 0.216 e. The molecule has 3 rings (SSSR count). The largest absolute Gasteiger partial charge is 0.265 e. The predicted octanol–water partition coefficient (Wildman–Crippen LogP) is 3.19. The summed E-state index contributed by atoms with van der Waals surface area (Å²) in [6.07, 6.45) is 5.20. The summed E-state index contributed by atoms with van der Waals surface area (Å²) in [7, 11) is 0. The normalized spacial score (nSPS) is 11.1. The third-order valence-corrected chi connectivity index (χ3v) is 3.35. The highest BCUT2D eigenvalue weighted by Gasteiger charge is 2.07. The van der Waals surface area contributed by atoms with Gasteiger partial charge in [-0.3, -0.25) is 4.98 Å². The van der Waals surface area contributed by atoms with Crippen molar-refractivity contribution in [2.75, 3.05) is 0 Å². The van der Waals surface area contributed by atoms with E-state index in [2.05, 4.69) is 20.3 Å². The monoisotopic (exact) mass is 295 g/mol. The molecule has 0 aliphatic rings. The van der Waals surface area contributed by atoms with Gasteiger partial charge in [-0.1, -0.05) is 24.3 Å². The van der Waals surface area contributed by atoms with Crippen molar-refractivity contribution in [3.8, 4) is 11.4 Å². The summed E-state index contributed by atoms with van der Waals surface area (Å²) in [4.78, 5) is 4.00. The number of aryl methyl sites for hydroxylation is 1. The lowest BCUT2D eigenvalue weighted by Crippen LogP contribution is -1.96. The molecule has 0 saturated carbocycles. The van der Waals surface area contributed by atoms with Crippen LogP contribution in [0.4, 0.5) is 0 Å². The zero-order valence-electron chi connectivity index (χ0n) is 11.4. The van der Waals surface area contributed by atoms with Gasteiger partial charge in [-0.15, -0.1) is 0 Å². The van der Waals surface area contributed by atoms with Gasteiger partial charge in [0, 0.05) is 18.0 Å².